The van der Waals surface area contributed by atoms with Crippen molar-refractivity contribution in [2.45, 2.75) is 33.4 Å². The zero-order valence-corrected chi connectivity index (χ0v) is 12.9. The van der Waals surface area contributed by atoms with E-state index in [0.29, 0.717) is 5.02 Å². The first-order chi connectivity index (χ1) is 9.54. The van der Waals surface area contributed by atoms with E-state index in [1.54, 1.807) is 0 Å². The van der Waals surface area contributed by atoms with Gasteiger partial charge in [-0.15, -0.1) is 0 Å². The van der Waals surface area contributed by atoms with Crippen LogP contribution in [0.15, 0.2) is 42.5 Å². The molecule has 0 spiro atoms. The van der Waals surface area contributed by atoms with Gasteiger partial charge in [-0.05, 0) is 44.5 Å². The predicted octanol–water partition coefficient (Wildman–Crippen LogP) is 5.05. The molecule has 0 aliphatic rings. The highest BCUT2D eigenvalue weighted by Crippen LogP contribution is 2.28. The molecule has 2 rings (SSSR count). The Morgan fingerprint density at radius 3 is 2.40 bits per heavy atom. The molecular weight excluding hydrogens is 270 g/mol. The van der Waals surface area contributed by atoms with Crippen molar-refractivity contribution in [2.75, 3.05) is 5.32 Å². The van der Waals surface area contributed by atoms with Gasteiger partial charge in [0.2, 0.25) is 0 Å². The number of ether oxygens (including phenoxy) is 1. The lowest BCUT2D eigenvalue weighted by Gasteiger charge is -2.13. The topological polar surface area (TPSA) is 21.3 Å². The average molecular weight is 290 g/mol. The van der Waals surface area contributed by atoms with Crippen molar-refractivity contribution in [1.82, 2.24) is 0 Å². The molecular formula is C17H20ClNO. The van der Waals surface area contributed by atoms with Gasteiger partial charge in [0.1, 0.15) is 5.75 Å². The summed E-state index contributed by atoms with van der Waals surface area (Å²) in [5, 5.41) is 3.99. The van der Waals surface area contributed by atoms with Crippen molar-refractivity contribution in [3.8, 4) is 5.75 Å². The molecule has 2 aromatic rings. The molecule has 106 valence electrons. The lowest BCUT2D eigenvalue weighted by atomic mass is 10.1. The number of hydrogen-bond donors (Lipinski definition) is 1. The average Bonchev–Trinajstić information content (AvgIpc) is 2.40. The summed E-state index contributed by atoms with van der Waals surface area (Å²) in [6.45, 7) is 6.84. The molecule has 0 atom stereocenters. The lowest BCUT2D eigenvalue weighted by Crippen LogP contribution is -2.06. The molecule has 2 nitrogen and oxygen atoms in total. The molecule has 0 bridgehead atoms. The van der Waals surface area contributed by atoms with Crippen molar-refractivity contribution in [3.05, 3.63) is 58.6 Å². The van der Waals surface area contributed by atoms with Crippen LogP contribution >= 0.6 is 11.6 Å². The van der Waals surface area contributed by atoms with Gasteiger partial charge in [0.05, 0.1) is 11.1 Å². The molecule has 0 aromatic heterocycles. The maximum absolute atomic E-state index is 6.21. The van der Waals surface area contributed by atoms with Crippen LogP contribution in [0.1, 0.15) is 25.0 Å². The number of aryl methyl sites for hydroxylation is 1. The molecule has 0 amide bonds. The van der Waals surface area contributed by atoms with E-state index in [2.05, 4.69) is 36.5 Å². The zero-order chi connectivity index (χ0) is 14.5. The second kappa shape index (κ2) is 6.67. The van der Waals surface area contributed by atoms with Crippen LogP contribution in [0.3, 0.4) is 0 Å². The van der Waals surface area contributed by atoms with E-state index < -0.39 is 0 Å². The SMILES string of the molecule is Cc1ccc(CNc2ccc(OC(C)C)c(Cl)c2)cc1. The Morgan fingerprint density at radius 2 is 1.80 bits per heavy atom. The van der Waals surface area contributed by atoms with Crippen LogP contribution in [0.5, 0.6) is 5.75 Å². The number of nitrogens with one attached hydrogen (secondary N) is 1. The molecule has 0 unspecified atom stereocenters. The smallest absolute Gasteiger partial charge is 0.138 e. The zero-order valence-electron chi connectivity index (χ0n) is 12.1. The van der Waals surface area contributed by atoms with Crippen molar-refractivity contribution in [3.63, 3.8) is 0 Å². The Labute approximate surface area is 125 Å². The fourth-order valence-electron chi connectivity index (χ4n) is 1.87. The summed E-state index contributed by atoms with van der Waals surface area (Å²) in [6, 6.07) is 14.3. The first-order valence-corrected chi connectivity index (χ1v) is 7.18. The minimum Gasteiger partial charge on any atom is -0.489 e. The first-order valence-electron chi connectivity index (χ1n) is 6.80. The number of hydrogen-bond acceptors (Lipinski definition) is 2. The van der Waals surface area contributed by atoms with Gasteiger partial charge in [-0.25, -0.2) is 0 Å². The van der Waals surface area contributed by atoms with Gasteiger partial charge in [0, 0.05) is 12.2 Å². The van der Waals surface area contributed by atoms with Crippen LogP contribution in [0, 0.1) is 6.92 Å². The van der Waals surface area contributed by atoms with Gasteiger partial charge in [-0.1, -0.05) is 41.4 Å². The Bertz CT molecular complexity index is 564. The Morgan fingerprint density at radius 1 is 1.10 bits per heavy atom. The van der Waals surface area contributed by atoms with Crippen LogP contribution in [0.2, 0.25) is 5.02 Å². The molecule has 20 heavy (non-hydrogen) atoms. The number of halogens is 1. The molecule has 0 radical (unpaired) electrons. The second-order valence-electron chi connectivity index (χ2n) is 5.15. The first kappa shape index (κ1) is 14.7. The molecule has 0 aliphatic heterocycles. The van der Waals surface area contributed by atoms with Crippen LogP contribution in [0.25, 0.3) is 0 Å². The third kappa shape index (κ3) is 4.17. The van der Waals surface area contributed by atoms with E-state index in [4.69, 9.17) is 16.3 Å². The highest BCUT2D eigenvalue weighted by atomic mass is 35.5. The van der Waals surface area contributed by atoms with Gasteiger partial charge >= 0.3 is 0 Å². The highest BCUT2D eigenvalue weighted by molar-refractivity contribution is 6.32. The maximum Gasteiger partial charge on any atom is 0.138 e. The third-order valence-corrected chi connectivity index (χ3v) is 3.21. The second-order valence-corrected chi connectivity index (χ2v) is 5.56. The van der Waals surface area contributed by atoms with E-state index in [1.165, 1.54) is 11.1 Å². The summed E-state index contributed by atoms with van der Waals surface area (Å²) in [4.78, 5) is 0. The summed E-state index contributed by atoms with van der Waals surface area (Å²) < 4.78 is 5.62. The van der Waals surface area contributed by atoms with E-state index in [1.807, 2.05) is 32.0 Å². The summed E-state index contributed by atoms with van der Waals surface area (Å²) in [5.41, 5.74) is 3.51. The molecule has 0 fully saturated rings. The van der Waals surface area contributed by atoms with Gasteiger partial charge in [0.25, 0.3) is 0 Å². The van der Waals surface area contributed by atoms with Gasteiger partial charge in [-0.3, -0.25) is 0 Å². The summed E-state index contributed by atoms with van der Waals surface area (Å²) in [6.07, 6.45) is 0.124. The number of anilines is 1. The van der Waals surface area contributed by atoms with Crippen molar-refractivity contribution in [2.24, 2.45) is 0 Å². The minimum atomic E-state index is 0.124. The summed E-state index contributed by atoms with van der Waals surface area (Å²) in [5.74, 6) is 0.725. The van der Waals surface area contributed by atoms with Crippen LogP contribution in [0.4, 0.5) is 5.69 Å². The third-order valence-electron chi connectivity index (χ3n) is 2.91. The van der Waals surface area contributed by atoms with E-state index in [9.17, 15) is 0 Å². The van der Waals surface area contributed by atoms with Crippen molar-refractivity contribution >= 4 is 17.3 Å². The molecule has 3 heteroatoms. The van der Waals surface area contributed by atoms with Crippen LogP contribution in [-0.2, 0) is 6.54 Å². The quantitative estimate of drug-likeness (QED) is 0.832. The monoisotopic (exact) mass is 289 g/mol. The van der Waals surface area contributed by atoms with E-state index >= 15 is 0 Å². The minimum absolute atomic E-state index is 0.124. The normalized spacial score (nSPS) is 10.7. The fraction of sp³-hybridized carbons (Fsp3) is 0.294. The molecule has 0 aliphatic carbocycles. The predicted molar refractivity (Wildman–Crippen MR) is 85.7 cm³/mol. The molecule has 0 saturated carbocycles. The maximum atomic E-state index is 6.21. The van der Waals surface area contributed by atoms with Gasteiger partial charge in [-0.2, -0.15) is 0 Å². The Kier molecular flexibility index (Phi) is 4.91. The fourth-order valence-corrected chi connectivity index (χ4v) is 2.10. The van der Waals surface area contributed by atoms with Crippen molar-refractivity contribution in [1.29, 1.82) is 0 Å². The largest absolute Gasteiger partial charge is 0.489 e. The van der Waals surface area contributed by atoms with Crippen LogP contribution < -0.4 is 10.1 Å². The highest BCUT2D eigenvalue weighted by Gasteiger charge is 2.05. The number of rotatable bonds is 5. The molecule has 0 saturated heterocycles. The summed E-state index contributed by atoms with van der Waals surface area (Å²) >= 11 is 6.21. The number of benzene rings is 2. The van der Waals surface area contributed by atoms with E-state index in [0.717, 1.165) is 18.0 Å². The molecule has 1 N–H and O–H groups in total. The molecule has 2 aromatic carbocycles. The standard InChI is InChI=1S/C17H20ClNO/c1-12(2)20-17-9-8-15(10-16(17)18)19-11-14-6-4-13(3)5-7-14/h4-10,12,19H,11H2,1-3H3. The molecule has 0 heterocycles. The lowest BCUT2D eigenvalue weighted by molar-refractivity contribution is 0.242. The summed E-state index contributed by atoms with van der Waals surface area (Å²) in [7, 11) is 0. The Hall–Kier alpha value is -1.67. The van der Waals surface area contributed by atoms with Gasteiger partial charge < -0.3 is 10.1 Å². The Balaban J connectivity index is 1.99. The van der Waals surface area contributed by atoms with Crippen LogP contribution in [-0.4, -0.2) is 6.10 Å². The van der Waals surface area contributed by atoms with E-state index in [-0.39, 0.29) is 6.10 Å². The van der Waals surface area contributed by atoms with Crippen molar-refractivity contribution < 1.29 is 4.74 Å². The van der Waals surface area contributed by atoms with Gasteiger partial charge in [0.15, 0.2) is 0 Å².